The van der Waals surface area contributed by atoms with Crippen molar-refractivity contribution in [3.05, 3.63) is 11.6 Å². The lowest BCUT2D eigenvalue weighted by Gasteiger charge is -2.31. The van der Waals surface area contributed by atoms with E-state index in [-0.39, 0.29) is 5.57 Å². The molecule has 0 aliphatic heterocycles. The highest BCUT2D eigenvalue weighted by Crippen LogP contribution is 2.29. The Morgan fingerprint density at radius 1 is 0.828 bits per heavy atom. The number of carbonyl (C=O) groups is 3. The highest BCUT2D eigenvalue weighted by Gasteiger charge is 2.37. The minimum atomic E-state index is -2.22. The van der Waals surface area contributed by atoms with Crippen LogP contribution in [0.4, 0.5) is 0 Å². The first kappa shape index (κ1) is 27.4. The lowest BCUT2D eigenvalue weighted by atomic mass is 10.1. The molecule has 7 heteroatoms. The number of carboxylic acid groups (broad SMARTS) is 1. The van der Waals surface area contributed by atoms with E-state index in [0.717, 1.165) is 69.2 Å². The monoisotopic (exact) mass is 428 g/mol. The Morgan fingerprint density at radius 3 is 1.72 bits per heavy atom. The van der Waals surface area contributed by atoms with Gasteiger partial charge in [0.15, 0.2) is 6.61 Å². The zero-order valence-corrected chi connectivity index (χ0v) is 19.8. The smallest absolute Gasteiger partial charge is 0.334 e. The molecule has 0 fully saturated rings. The zero-order chi connectivity index (χ0) is 22.1. The van der Waals surface area contributed by atoms with Crippen LogP contribution in [0.15, 0.2) is 11.6 Å². The second-order valence-electron chi connectivity index (χ2n) is 7.66. The van der Waals surface area contributed by atoms with Gasteiger partial charge in [-0.2, -0.15) is 0 Å². The number of unbranched alkanes of at least 4 members (excludes halogenated alkanes) is 4. The Labute approximate surface area is 177 Å². The summed E-state index contributed by atoms with van der Waals surface area (Å²) in [4.78, 5) is 35.7. The number of carboxylic acids is 1. The van der Waals surface area contributed by atoms with Crippen LogP contribution in [0.2, 0.25) is 18.1 Å². The van der Waals surface area contributed by atoms with Crippen LogP contribution in [0.25, 0.3) is 0 Å². The summed E-state index contributed by atoms with van der Waals surface area (Å²) in [5.41, 5.74) is 0.0820. The molecule has 0 aliphatic rings. The summed E-state index contributed by atoms with van der Waals surface area (Å²) in [5.74, 6) is -2.44. The molecule has 0 unspecified atom stereocenters. The first-order valence-electron chi connectivity index (χ1n) is 11.2. The van der Waals surface area contributed by atoms with Crippen LogP contribution in [-0.4, -0.2) is 37.9 Å². The van der Waals surface area contributed by atoms with Crippen molar-refractivity contribution in [2.45, 2.75) is 104 Å². The fourth-order valence-corrected chi connectivity index (χ4v) is 7.85. The van der Waals surface area contributed by atoms with E-state index in [9.17, 15) is 14.4 Å². The molecule has 6 nitrogen and oxygen atoms in total. The van der Waals surface area contributed by atoms with Crippen molar-refractivity contribution in [2.75, 3.05) is 6.61 Å². The molecule has 0 aromatic rings. The predicted molar refractivity (Wildman–Crippen MR) is 117 cm³/mol. The largest absolute Gasteiger partial charge is 0.517 e. The van der Waals surface area contributed by atoms with Gasteiger partial charge in [0.1, 0.15) is 0 Å². The SMILES string of the molecule is CCCC/C(=C\C(=O)O)C(=O)OCC(=O)O[Si](CCCC)(CCCC)CCCC. The average Bonchev–Trinajstić information content (AvgIpc) is 2.70. The Morgan fingerprint density at radius 2 is 1.31 bits per heavy atom. The van der Waals surface area contributed by atoms with Gasteiger partial charge in [0.25, 0.3) is 8.32 Å². The molecule has 0 aliphatic carbocycles. The maximum atomic E-state index is 12.5. The van der Waals surface area contributed by atoms with Crippen molar-refractivity contribution in [3.8, 4) is 0 Å². The highest BCUT2D eigenvalue weighted by molar-refractivity contribution is 6.75. The molecule has 0 bridgehead atoms. The van der Waals surface area contributed by atoms with E-state index in [1.807, 2.05) is 6.92 Å². The van der Waals surface area contributed by atoms with Gasteiger partial charge >= 0.3 is 17.9 Å². The third-order valence-electron chi connectivity index (χ3n) is 4.97. The number of hydrogen-bond acceptors (Lipinski definition) is 5. The van der Waals surface area contributed by atoms with Crippen LogP contribution in [0, 0.1) is 0 Å². The minimum Gasteiger partial charge on any atom is -0.517 e. The third kappa shape index (κ3) is 12.5. The summed E-state index contributed by atoms with van der Waals surface area (Å²) in [5, 5.41) is 8.94. The van der Waals surface area contributed by atoms with Crippen LogP contribution in [0.3, 0.4) is 0 Å². The quantitative estimate of drug-likeness (QED) is 0.184. The van der Waals surface area contributed by atoms with Gasteiger partial charge in [-0.05, 0) is 31.0 Å². The van der Waals surface area contributed by atoms with E-state index in [1.54, 1.807) is 0 Å². The van der Waals surface area contributed by atoms with E-state index in [2.05, 4.69) is 20.8 Å². The Hall–Kier alpha value is -1.63. The molecule has 0 amide bonds. The van der Waals surface area contributed by atoms with Crippen molar-refractivity contribution in [1.29, 1.82) is 0 Å². The minimum absolute atomic E-state index is 0.0820. The van der Waals surface area contributed by atoms with Crippen LogP contribution in [0.1, 0.15) is 85.5 Å². The fourth-order valence-electron chi connectivity index (χ4n) is 3.26. The van der Waals surface area contributed by atoms with Gasteiger partial charge in [-0.15, -0.1) is 0 Å². The van der Waals surface area contributed by atoms with E-state index in [0.29, 0.717) is 12.8 Å². The second kappa shape index (κ2) is 16.2. The van der Waals surface area contributed by atoms with Crippen molar-refractivity contribution >= 4 is 26.2 Å². The molecule has 1 N–H and O–H groups in total. The first-order chi connectivity index (χ1) is 13.8. The predicted octanol–water partition coefficient (Wildman–Crippen LogP) is 5.62. The van der Waals surface area contributed by atoms with Crippen LogP contribution in [-0.2, 0) is 23.5 Å². The molecule has 0 atom stereocenters. The van der Waals surface area contributed by atoms with Crippen LogP contribution in [0.5, 0.6) is 0 Å². The average molecular weight is 429 g/mol. The zero-order valence-electron chi connectivity index (χ0n) is 18.8. The Balaban J connectivity index is 5.05. The second-order valence-corrected chi connectivity index (χ2v) is 11.7. The molecule has 0 aromatic heterocycles. The molecule has 29 heavy (non-hydrogen) atoms. The Bertz CT molecular complexity index is 508. The summed E-state index contributed by atoms with van der Waals surface area (Å²) in [6.45, 7) is 7.90. The van der Waals surface area contributed by atoms with Gasteiger partial charge in [0.05, 0.1) is 0 Å². The van der Waals surface area contributed by atoms with Gasteiger partial charge in [-0.25, -0.2) is 14.4 Å². The molecule has 0 heterocycles. The molecule has 168 valence electrons. The summed E-state index contributed by atoms with van der Waals surface area (Å²) >= 11 is 0. The van der Waals surface area contributed by atoms with E-state index >= 15 is 0 Å². The summed E-state index contributed by atoms with van der Waals surface area (Å²) in [6, 6.07) is 2.84. The van der Waals surface area contributed by atoms with Crippen LogP contribution >= 0.6 is 0 Å². The highest BCUT2D eigenvalue weighted by atomic mass is 28.4. The lowest BCUT2D eigenvalue weighted by Crippen LogP contribution is -2.41. The number of esters is 1. The molecule has 0 aromatic carbocycles. The van der Waals surface area contributed by atoms with Crippen molar-refractivity contribution < 1.29 is 28.7 Å². The molecule has 0 spiro atoms. The molecule has 0 radical (unpaired) electrons. The summed E-state index contributed by atoms with van der Waals surface area (Å²) < 4.78 is 11.1. The van der Waals surface area contributed by atoms with Gasteiger partial charge in [-0.1, -0.05) is 72.6 Å². The van der Waals surface area contributed by atoms with Crippen molar-refractivity contribution in [3.63, 3.8) is 0 Å². The fraction of sp³-hybridized carbons (Fsp3) is 0.773. The first-order valence-corrected chi connectivity index (χ1v) is 13.7. The molecule has 0 saturated carbocycles. The summed E-state index contributed by atoms with van der Waals surface area (Å²) in [7, 11) is -2.22. The molecular weight excluding hydrogens is 388 g/mol. The topological polar surface area (TPSA) is 89.9 Å². The number of aliphatic carboxylic acids is 1. The number of hydrogen-bond donors (Lipinski definition) is 1. The van der Waals surface area contributed by atoms with Crippen molar-refractivity contribution in [1.82, 2.24) is 0 Å². The van der Waals surface area contributed by atoms with Gasteiger partial charge < -0.3 is 14.3 Å². The van der Waals surface area contributed by atoms with Crippen LogP contribution < -0.4 is 0 Å². The molecule has 0 rings (SSSR count). The lowest BCUT2D eigenvalue weighted by molar-refractivity contribution is -0.151. The van der Waals surface area contributed by atoms with Gasteiger partial charge in [0, 0.05) is 11.6 Å². The van der Waals surface area contributed by atoms with E-state index < -0.39 is 32.8 Å². The molecular formula is C22H40O6Si. The molecule has 0 saturated heterocycles. The number of carbonyl (C=O) groups excluding carboxylic acids is 2. The van der Waals surface area contributed by atoms with Crippen molar-refractivity contribution in [2.24, 2.45) is 0 Å². The van der Waals surface area contributed by atoms with E-state index in [4.69, 9.17) is 14.3 Å². The maximum Gasteiger partial charge on any atom is 0.334 e. The maximum absolute atomic E-state index is 12.5. The summed E-state index contributed by atoms with van der Waals surface area (Å²) in [6.07, 6.45) is 8.97. The van der Waals surface area contributed by atoms with Gasteiger partial charge in [-0.3, -0.25) is 0 Å². The number of ether oxygens (including phenoxy) is 1. The number of rotatable bonds is 17. The standard InChI is InChI=1S/C22H40O6Si/c1-5-9-13-19(17-20(23)24)22(26)27-18-21(25)28-29(14-10-6-2,15-11-7-3)16-12-8-4/h17H,5-16,18H2,1-4H3,(H,23,24)/b19-17+. The normalized spacial score (nSPS) is 11.9. The van der Waals surface area contributed by atoms with Gasteiger partial charge in [0.2, 0.25) is 0 Å². The van der Waals surface area contributed by atoms with E-state index in [1.165, 1.54) is 0 Å². The Kier molecular flexibility index (Phi) is 15.3. The third-order valence-corrected chi connectivity index (χ3v) is 9.42.